The lowest BCUT2D eigenvalue weighted by Crippen LogP contribution is -2.40. The molecule has 0 saturated carbocycles. The summed E-state index contributed by atoms with van der Waals surface area (Å²) in [5.74, 6) is 5.37. The van der Waals surface area contributed by atoms with Gasteiger partial charge >= 0.3 is 12.1 Å². The minimum atomic E-state index is -0.802. The lowest BCUT2D eigenvalue weighted by molar-refractivity contribution is 0.0346. The van der Waals surface area contributed by atoms with Gasteiger partial charge in [-0.1, -0.05) is 48.2 Å². The zero-order valence-electron chi connectivity index (χ0n) is 12.8. The van der Waals surface area contributed by atoms with Gasteiger partial charge in [-0.15, -0.1) is 0 Å². The second kappa shape index (κ2) is 7.34. The Labute approximate surface area is 139 Å². The number of rotatable bonds is 3. The van der Waals surface area contributed by atoms with E-state index in [0.29, 0.717) is 5.56 Å². The molecule has 1 aliphatic rings. The van der Waals surface area contributed by atoms with E-state index in [1.165, 1.54) is 0 Å². The fourth-order valence-corrected chi connectivity index (χ4v) is 2.21. The minimum absolute atomic E-state index is 0.106. The van der Waals surface area contributed by atoms with Crippen LogP contribution in [0.25, 0.3) is 0 Å². The Kier molecular flexibility index (Phi) is 4.78. The quantitative estimate of drug-likeness (QED) is 0.696. The van der Waals surface area contributed by atoms with Gasteiger partial charge in [0, 0.05) is 5.56 Å². The van der Waals surface area contributed by atoms with E-state index in [1.54, 1.807) is 24.3 Å². The van der Waals surface area contributed by atoms with Gasteiger partial charge in [0.2, 0.25) is 0 Å². The Bertz CT molecular complexity index is 777. The molecule has 1 aliphatic heterocycles. The van der Waals surface area contributed by atoms with Crippen molar-refractivity contribution in [2.45, 2.75) is 12.1 Å². The highest BCUT2D eigenvalue weighted by Gasteiger charge is 2.32. The van der Waals surface area contributed by atoms with E-state index >= 15 is 0 Å². The highest BCUT2D eigenvalue weighted by molar-refractivity contribution is 5.89. The van der Waals surface area contributed by atoms with Gasteiger partial charge in [0.25, 0.3) is 0 Å². The molecule has 0 aromatic heterocycles. The minimum Gasteiger partial charge on any atom is -0.447 e. The first-order chi connectivity index (χ1) is 11.7. The maximum Gasteiger partial charge on any atom is 0.407 e. The molecule has 2 aromatic carbocycles. The fraction of sp³-hybridized carbons (Fsp3) is 0.158. The lowest BCUT2D eigenvalue weighted by Gasteiger charge is -2.17. The number of amides is 1. The summed E-state index contributed by atoms with van der Waals surface area (Å²) in [5, 5.41) is 2.61. The molecule has 120 valence electrons. The Morgan fingerprint density at radius 1 is 1.12 bits per heavy atom. The molecule has 0 spiro atoms. The van der Waals surface area contributed by atoms with E-state index in [9.17, 15) is 9.59 Å². The molecular weight excluding hydrogens is 306 g/mol. The number of cyclic esters (lactones) is 1. The van der Waals surface area contributed by atoms with Crippen LogP contribution in [0.3, 0.4) is 0 Å². The Morgan fingerprint density at radius 2 is 1.79 bits per heavy atom. The fourth-order valence-electron chi connectivity index (χ4n) is 2.21. The summed E-state index contributed by atoms with van der Waals surface area (Å²) in [6, 6.07) is 17.5. The molecule has 24 heavy (non-hydrogen) atoms. The molecule has 5 heteroatoms. The van der Waals surface area contributed by atoms with Crippen molar-refractivity contribution in [2.24, 2.45) is 0 Å². The molecule has 2 atom stereocenters. The standard InChI is InChI=1S/C19H15NO4/c21-18(15-9-5-2-6-10-15)24-17(16-13-23-19(22)20-16)12-11-14-7-3-1-4-8-14/h1-10,16-17H,13H2,(H,20,22)/t16-,17+/m0/s1. The molecule has 3 rings (SSSR count). The van der Waals surface area contributed by atoms with Gasteiger partial charge in [-0.2, -0.15) is 0 Å². The third kappa shape index (κ3) is 3.93. The van der Waals surface area contributed by atoms with Crippen molar-refractivity contribution in [2.75, 3.05) is 6.61 Å². The monoisotopic (exact) mass is 321 g/mol. The predicted octanol–water partition coefficient (Wildman–Crippen LogP) is 2.37. The Hall–Kier alpha value is -3.26. The van der Waals surface area contributed by atoms with Crippen molar-refractivity contribution in [1.29, 1.82) is 0 Å². The summed E-state index contributed by atoms with van der Waals surface area (Å²) in [5.41, 5.74) is 1.22. The van der Waals surface area contributed by atoms with E-state index in [4.69, 9.17) is 9.47 Å². The molecule has 1 heterocycles. The average molecular weight is 321 g/mol. The van der Waals surface area contributed by atoms with Gasteiger partial charge < -0.3 is 14.8 Å². The molecule has 2 aromatic rings. The van der Waals surface area contributed by atoms with Crippen molar-refractivity contribution in [1.82, 2.24) is 5.32 Å². The summed E-state index contributed by atoms with van der Waals surface area (Å²) < 4.78 is 10.4. The van der Waals surface area contributed by atoms with Crippen LogP contribution < -0.4 is 5.32 Å². The first kappa shape index (κ1) is 15.6. The van der Waals surface area contributed by atoms with Crippen molar-refractivity contribution in [3.05, 3.63) is 71.8 Å². The average Bonchev–Trinajstić information content (AvgIpc) is 3.06. The van der Waals surface area contributed by atoms with Crippen molar-refractivity contribution >= 4 is 12.1 Å². The van der Waals surface area contributed by atoms with Gasteiger partial charge in [-0.3, -0.25) is 0 Å². The molecule has 1 amide bonds. The van der Waals surface area contributed by atoms with E-state index in [1.807, 2.05) is 36.4 Å². The van der Waals surface area contributed by atoms with Crippen molar-refractivity contribution in [3.8, 4) is 11.8 Å². The van der Waals surface area contributed by atoms with Crippen LogP contribution in [0, 0.1) is 11.8 Å². The number of ether oxygens (including phenoxy) is 2. The number of carbonyl (C=O) groups excluding carboxylic acids is 2. The van der Waals surface area contributed by atoms with Crippen LogP contribution in [0.1, 0.15) is 15.9 Å². The molecule has 0 bridgehead atoms. The maximum absolute atomic E-state index is 12.3. The molecule has 5 nitrogen and oxygen atoms in total. The van der Waals surface area contributed by atoms with Crippen molar-refractivity contribution < 1.29 is 19.1 Å². The van der Waals surface area contributed by atoms with Crippen LogP contribution in [0.15, 0.2) is 60.7 Å². The van der Waals surface area contributed by atoms with Gasteiger partial charge in [0.05, 0.1) is 5.56 Å². The van der Waals surface area contributed by atoms with Crippen LogP contribution in [0.5, 0.6) is 0 Å². The number of hydrogen-bond donors (Lipinski definition) is 1. The molecule has 1 N–H and O–H groups in total. The number of alkyl carbamates (subject to hydrolysis) is 1. The van der Waals surface area contributed by atoms with E-state index in [2.05, 4.69) is 17.2 Å². The molecule has 0 aliphatic carbocycles. The summed E-state index contributed by atoms with van der Waals surface area (Å²) in [6.45, 7) is 0.106. The highest BCUT2D eigenvalue weighted by Crippen LogP contribution is 2.11. The van der Waals surface area contributed by atoms with Crippen LogP contribution in [0.2, 0.25) is 0 Å². The second-order valence-electron chi connectivity index (χ2n) is 5.18. The molecular formula is C19H15NO4. The smallest absolute Gasteiger partial charge is 0.407 e. The topological polar surface area (TPSA) is 64.6 Å². The summed E-state index contributed by atoms with van der Waals surface area (Å²) in [6.07, 6.45) is -1.34. The predicted molar refractivity (Wildman–Crippen MR) is 87.2 cm³/mol. The number of esters is 1. The summed E-state index contributed by atoms with van der Waals surface area (Å²) in [7, 11) is 0. The number of hydrogen-bond acceptors (Lipinski definition) is 4. The van der Waals surface area contributed by atoms with E-state index in [0.717, 1.165) is 5.56 Å². The molecule has 0 radical (unpaired) electrons. The zero-order chi connectivity index (χ0) is 16.8. The number of nitrogens with one attached hydrogen (secondary N) is 1. The highest BCUT2D eigenvalue weighted by atomic mass is 16.6. The zero-order valence-corrected chi connectivity index (χ0v) is 12.8. The first-order valence-electron chi connectivity index (χ1n) is 7.48. The van der Waals surface area contributed by atoms with E-state index < -0.39 is 24.2 Å². The molecule has 0 unspecified atom stereocenters. The van der Waals surface area contributed by atoms with E-state index in [-0.39, 0.29) is 6.61 Å². The van der Waals surface area contributed by atoms with Crippen LogP contribution >= 0.6 is 0 Å². The summed E-state index contributed by atoms with van der Waals surface area (Å²) in [4.78, 5) is 23.5. The Morgan fingerprint density at radius 3 is 2.42 bits per heavy atom. The lowest BCUT2D eigenvalue weighted by atomic mass is 10.1. The van der Waals surface area contributed by atoms with Gasteiger partial charge in [-0.25, -0.2) is 9.59 Å². The summed E-state index contributed by atoms with van der Waals surface area (Å²) >= 11 is 0. The third-order valence-corrected chi connectivity index (χ3v) is 3.44. The normalized spacial score (nSPS) is 17.0. The van der Waals surface area contributed by atoms with Gasteiger partial charge in [-0.05, 0) is 24.3 Å². The number of benzene rings is 2. The SMILES string of the molecule is O=C1N[C@H]([C@@H](C#Cc2ccccc2)OC(=O)c2ccccc2)CO1. The molecule has 1 saturated heterocycles. The molecule has 1 fully saturated rings. The van der Waals surface area contributed by atoms with Gasteiger partial charge in [0.1, 0.15) is 12.6 Å². The first-order valence-corrected chi connectivity index (χ1v) is 7.48. The Balaban J connectivity index is 1.79. The maximum atomic E-state index is 12.3. The van der Waals surface area contributed by atoms with Crippen LogP contribution in [-0.2, 0) is 9.47 Å². The van der Waals surface area contributed by atoms with Crippen LogP contribution in [0.4, 0.5) is 4.79 Å². The van der Waals surface area contributed by atoms with Gasteiger partial charge in [0.15, 0.2) is 6.10 Å². The van der Waals surface area contributed by atoms with Crippen molar-refractivity contribution in [3.63, 3.8) is 0 Å². The second-order valence-corrected chi connectivity index (χ2v) is 5.18. The third-order valence-electron chi connectivity index (χ3n) is 3.44. The van der Waals surface area contributed by atoms with Crippen LogP contribution in [-0.4, -0.2) is 30.8 Å². The number of carbonyl (C=O) groups is 2. The largest absolute Gasteiger partial charge is 0.447 e.